The number of fused-ring (bicyclic) bond motifs is 1. The lowest BCUT2D eigenvalue weighted by Gasteiger charge is -2.12. The van der Waals surface area contributed by atoms with Gasteiger partial charge in [-0.1, -0.05) is 73.8 Å². The second-order valence-electron chi connectivity index (χ2n) is 15.4. The normalized spacial score (nSPS) is 11.7. The minimum Gasteiger partial charge on any atom is -0.423 e. The third-order valence-electron chi connectivity index (χ3n) is 11.0. The van der Waals surface area contributed by atoms with Gasteiger partial charge in [-0.05, 0) is 174 Å². The van der Waals surface area contributed by atoms with Crippen LogP contribution in [0.25, 0.3) is 21.9 Å². The van der Waals surface area contributed by atoms with Crippen LogP contribution in [0.5, 0.6) is 23.0 Å². The second-order valence-corrected chi connectivity index (χ2v) is 19.5. The van der Waals surface area contributed by atoms with Gasteiger partial charge in [0.2, 0.25) is 0 Å². The zero-order chi connectivity index (χ0) is 48.4. The fraction of sp³-hybridized carbons (Fsp3) is 0. The molecule has 2 atom stereocenters. The topological polar surface area (TPSA) is 105 Å². The molecule has 0 radical (unpaired) electrons. The first kappa shape index (κ1) is 46.4. The van der Waals surface area contributed by atoms with Gasteiger partial charge in [0.25, 0.3) is 0 Å². The number of benzene rings is 9. The van der Waals surface area contributed by atoms with Crippen molar-refractivity contribution in [1.82, 2.24) is 0 Å². The molecule has 2 unspecified atom stereocenters. The summed E-state index contributed by atoms with van der Waals surface area (Å²) in [6.07, 6.45) is 2.16. The van der Waals surface area contributed by atoms with Crippen molar-refractivity contribution < 1.29 is 38.1 Å². The van der Waals surface area contributed by atoms with Gasteiger partial charge < -0.3 is 18.9 Å². The summed E-state index contributed by atoms with van der Waals surface area (Å²) in [5.74, 6) is -0.795. The molecule has 0 spiro atoms. The summed E-state index contributed by atoms with van der Waals surface area (Å²) in [7, 11) is -0.921. The van der Waals surface area contributed by atoms with Gasteiger partial charge in [-0.15, -0.1) is 0 Å². The molecule has 70 heavy (non-hydrogen) atoms. The molecule has 0 aliphatic rings. The number of carbonyl (C=O) groups is 4. The summed E-state index contributed by atoms with van der Waals surface area (Å²) in [5.41, 5.74) is 2.81. The van der Waals surface area contributed by atoms with Crippen molar-refractivity contribution in [3.63, 3.8) is 0 Å². The Kier molecular flexibility index (Phi) is 14.3. The maximum Gasteiger partial charge on any atom is 0.344 e. The van der Waals surface area contributed by atoms with E-state index in [0.717, 1.165) is 52.7 Å². The van der Waals surface area contributed by atoms with Gasteiger partial charge in [-0.3, -0.25) is 0 Å². The van der Waals surface area contributed by atoms with E-state index in [-0.39, 0.29) is 0 Å². The Bertz CT molecular complexity index is 3340. The fourth-order valence-electron chi connectivity index (χ4n) is 7.62. The van der Waals surface area contributed by atoms with Crippen LogP contribution in [0.15, 0.2) is 273 Å². The molecule has 0 saturated carbocycles. The minimum absolute atomic E-state index is 0.300. The number of esters is 4. The number of ether oxygens (including phenoxy) is 4. The van der Waals surface area contributed by atoms with E-state index in [4.69, 9.17) is 18.9 Å². The minimum atomic E-state index is -0.588. The predicted molar refractivity (Wildman–Crippen MR) is 274 cm³/mol. The van der Waals surface area contributed by atoms with E-state index in [1.807, 2.05) is 84.9 Å². The highest BCUT2D eigenvalue weighted by Gasteiger charge is 2.31. The molecule has 0 aromatic heterocycles. The first-order valence-corrected chi connectivity index (χ1v) is 24.4. The Balaban J connectivity index is 0.910. The van der Waals surface area contributed by atoms with Crippen molar-refractivity contribution in [2.24, 2.45) is 0 Å². The van der Waals surface area contributed by atoms with Gasteiger partial charge in [-0.25, -0.2) is 19.2 Å². The Hall–Kier alpha value is -8.70. The molecule has 0 aliphatic heterocycles. The van der Waals surface area contributed by atoms with Gasteiger partial charge in [-0.2, -0.15) is 0 Å². The largest absolute Gasteiger partial charge is 0.423 e. The standard InChI is InChI=1S/C60H42O8S2/c1-3-57(61)65-44-25-19-43(20-26-44)59(63)66-45-27-35-51(36-28-45)69(47-13-7-5-8-14-47)49-31-21-41(22-32-49)42-23-33-50(34-24-42)70(48-15-9-6-10-16-48)52-37-29-46(30-38-52)67-60(64)55-39-40-56(68-58(62)4-2)54-18-12-11-17-53(54)55/h3-40H,1-2H2/q+2. The molecule has 10 heteroatoms. The highest BCUT2D eigenvalue weighted by Crippen LogP contribution is 2.37. The molecule has 9 aromatic carbocycles. The molecular weight excluding hydrogens is 913 g/mol. The molecule has 340 valence electrons. The molecule has 0 bridgehead atoms. The Morgan fingerprint density at radius 1 is 0.343 bits per heavy atom. The van der Waals surface area contributed by atoms with E-state index in [0.29, 0.717) is 44.9 Å². The van der Waals surface area contributed by atoms with Crippen LogP contribution in [0.1, 0.15) is 20.7 Å². The lowest BCUT2D eigenvalue weighted by Crippen LogP contribution is -2.10. The summed E-state index contributed by atoms with van der Waals surface area (Å²) in [6.45, 7) is 6.87. The molecule has 0 heterocycles. The van der Waals surface area contributed by atoms with Crippen molar-refractivity contribution in [3.8, 4) is 34.1 Å². The van der Waals surface area contributed by atoms with Crippen molar-refractivity contribution in [2.45, 2.75) is 29.4 Å². The molecule has 0 amide bonds. The number of rotatable bonds is 15. The van der Waals surface area contributed by atoms with E-state index in [1.54, 1.807) is 48.5 Å². The quantitative estimate of drug-likeness (QED) is 0.0433. The van der Waals surface area contributed by atoms with Crippen molar-refractivity contribution in [2.75, 3.05) is 0 Å². The van der Waals surface area contributed by atoms with Crippen LogP contribution in [-0.4, -0.2) is 23.9 Å². The Labute approximate surface area is 410 Å². The summed E-state index contributed by atoms with van der Waals surface area (Å²) in [5, 5.41) is 1.21. The highest BCUT2D eigenvalue weighted by molar-refractivity contribution is 7.97. The van der Waals surface area contributed by atoms with Gasteiger partial charge >= 0.3 is 23.9 Å². The number of carbonyl (C=O) groups excluding carboxylic acids is 4. The van der Waals surface area contributed by atoms with Gasteiger partial charge in [0.15, 0.2) is 29.4 Å². The van der Waals surface area contributed by atoms with Crippen LogP contribution < -0.4 is 18.9 Å². The molecule has 0 fully saturated rings. The molecule has 0 saturated heterocycles. The van der Waals surface area contributed by atoms with Gasteiger partial charge in [0.05, 0.1) is 32.9 Å². The summed E-state index contributed by atoms with van der Waals surface area (Å²) in [6, 6.07) is 69.7. The molecule has 9 rings (SSSR count). The zero-order valence-electron chi connectivity index (χ0n) is 37.4. The van der Waals surface area contributed by atoms with Crippen LogP contribution in [0.2, 0.25) is 0 Å². The van der Waals surface area contributed by atoms with E-state index in [9.17, 15) is 19.2 Å². The molecule has 9 aromatic rings. The number of hydrogen-bond acceptors (Lipinski definition) is 8. The zero-order valence-corrected chi connectivity index (χ0v) is 39.1. The number of hydrogen-bond donors (Lipinski definition) is 0. The smallest absolute Gasteiger partial charge is 0.344 e. The van der Waals surface area contributed by atoms with Crippen molar-refractivity contribution >= 4 is 56.4 Å². The molecule has 8 nitrogen and oxygen atoms in total. The Morgan fingerprint density at radius 2 is 0.714 bits per heavy atom. The van der Waals surface area contributed by atoms with E-state index < -0.39 is 45.7 Å². The summed E-state index contributed by atoms with van der Waals surface area (Å²) < 4.78 is 22.1. The van der Waals surface area contributed by atoms with E-state index >= 15 is 0 Å². The van der Waals surface area contributed by atoms with Gasteiger partial charge in [0, 0.05) is 17.5 Å². The van der Waals surface area contributed by atoms with Crippen LogP contribution in [0, 0.1) is 0 Å². The van der Waals surface area contributed by atoms with Crippen LogP contribution in [0.4, 0.5) is 0 Å². The molecule has 0 aliphatic carbocycles. The van der Waals surface area contributed by atoms with Crippen LogP contribution in [-0.2, 0) is 31.4 Å². The third kappa shape index (κ3) is 10.7. The first-order valence-electron chi connectivity index (χ1n) is 22.0. The van der Waals surface area contributed by atoms with Gasteiger partial charge in [0.1, 0.15) is 23.0 Å². The average Bonchev–Trinajstić information content (AvgIpc) is 3.41. The maximum atomic E-state index is 13.6. The maximum absolute atomic E-state index is 13.6. The van der Waals surface area contributed by atoms with Crippen LogP contribution >= 0.6 is 0 Å². The molecular formula is C60H42O8S2+2. The third-order valence-corrected chi connectivity index (χ3v) is 15.4. The second kappa shape index (κ2) is 21.5. The summed E-state index contributed by atoms with van der Waals surface area (Å²) >= 11 is 0. The predicted octanol–water partition coefficient (Wildman–Crippen LogP) is 13.3. The fourth-order valence-corrected chi connectivity index (χ4v) is 11.7. The summed E-state index contributed by atoms with van der Waals surface area (Å²) in [4.78, 5) is 56.7. The van der Waals surface area contributed by atoms with Crippen LogP contribution in [0.3, 0.4) is 0 Å². The lowest BCUT2D eigenvalue weighted by molar-refractivity contribution is -0.129. The van der Waals surface area contributed by atoms with Crippen molar-refractivity contribution in [3.05, 3.63) is 255 Å². The molecule has 0 N–H and O–H groups in total. The lowest BCUT2D eigenvalue weighted by atomic mass is 10.0. The Morgan fingerprint density at radius 3 is 1.19 bits per heavy atom. The highest BCUT2D eigenvalue weighted by atomic mass is 32.2. The SMILES string of the molecule is C=CC(=O)Oc1ccc(C(=O)Oc2ccc([S+](c3ccccc3)c3ccc(-c4ccc([S+](c5ccccc5)c5ccc(OC(=O)c6ccc(OC(=O)C=C)c7ccccc67)cc5)cc4)cc3)cc2)cc1. The van der Waals surface area contributed by atoms with E-state index in [2.05, 4.69) is 86.0 Å². The first-order chi connectivity index (χ1) is 34.2. The van der Waals surface area contributed by atoms with Crippen molar-refractivity contribution in [1.29, 1.82) is 0 Å². The van der Waals surface area contributed by atoms with E-state index in [1.165, 1.54) is 12.1 Å². The monoisotopic (exact) mass is 954 g/mol. The average molecular weight is 955 g/mol.